The SMILES string of the molecule is C=C1CC[C@@H]2[C@H]([C@H]3[C@H]1CC[C@]3(C)O)[C@@]2(C)/C=C/C=C(\C)C=O. The number of aliphatic hydroxyl groups is 1. The van der Waals surface area contributed by atoms with Crippen LogP contribution >= 0.6 is 0 Å². The maximum absolute atomic E-state index is 10.9. The first kappa shape index (κ1) is 15.7. The minimum absolute atomic E-state index is 0.164. The molecule has 22 heavy (non-hydrogen) atoms. The molecule has 2 heteroatoms. The Morgan fingerprint density at radius 2 is 2.05 bits per heavy atom. The molecule has 3 fully saturated rings. The molecule has 0 aromatic heterocycles. The first-order valence-electron chi connectivity index (χ1n) is 8.52. The summed E-state index contributed by atoms with van der Waals surface area (Å²) in [7, 11) is 0. The number of fused-ring (bicyclic) bond motifs is 3. The fraction of sp³-hybridized carbons (Fsp3) is 0.650. The molecule has 120 valence electrons. The molecule has 3 rings (SSSR count). The van der Waals surface area contributed by atoms with E-state index < -0.39 is 5.60 Å². The summed E-state index contributed by atoms with van der Waals surface area (Å²) in [6.07, 6.45) is 11.4. The van der Waals surface area contributed by atoms with Crippen LogP contribution < -0.4 is 0 Å². The number of carbonyl (C=O) groups excluding carboxylic acids is 1. The van der Waals surface area contributed by atoms with E-state index in [9.17, 15) is 9.90 Å². The molecule has 0 bridgehead atoms. The predicted octanol–water partition coefficient (Wildman–Crippen LogP) is 4.07. The topological polar surface area (TPSA) is 37.3 Å². The second-order valence-electron chi connectivity index (χ2n) is 8.11. The van der Waals surface area contributed by atoms with Crippen LogP contribution in [0.3, 0.4) is 0 Å². The van der Waals surface area contributed by atoms with E-state index in [1.54, 1.807) is 0 Å². The Balaban J connectivity index is 1.86. The minimum Gasteiger partial charge on any atom is -0.390 e. The Bertz CT molecular complexity index is 554. The summed E-state index contributed by atoms with van der Waals surface area (Å²) < 4.78 is 0. The predicted molar refractivity (Wildman–Crippen MR) is 89.3 cm³/mol. The zero-order valence-electron chi connectivity index (χ0n) is 14.0. The number of carbonyl (C=O) groups is 1. The number of aldehydes is 1. The van der Waals surface area contributed by atoms with Crippen molar-refractivity contribution in [3.63, 3.8) is 0 Å². The van der Waals surface area contributed by atoms with Crippen molar-refractivity contribution in [2.45, 2.75) is 52.1 Å². The van der Waals surface area contributed by atoms with Gasteiger partial charge in [0.15, 0.2) is 0 Å². The van der Waals surface area contributed by atoms with Gasteiger partial charge >= 0.3 is 0 Å². The lowest BCUT2D eigenvalue weighted by molar-refractivity contribution is -0.104. The van der Waals surface area contributed by atoms with E-state index in [-0.39, 0.29) is 5.41 Å². The van der Waals surface area contributed by atoms with Crippen molar-refractivity contribution in [2.24, 2.45) is 29.1 Å². The van der Waals surface area contributed by atoms with Crippen molar-refractivity contribution >= 4 is 6.29 Å². The maximum Gasteiger partial charge on any atom is 0.145 e. The number of allylic oxidation sites excluding steroid dienone is 5. The van der Waals surface area contributed by atoms with Crippen molar-refractivity contribution < 1.29 is 9.90 Å². The summed E-state index contributed by atoms with van der Waals surface area (Å²) in [5.74, 6) is 2.03. The highest BCUT2D eigenvalue weighted by Crippen LogP contribution is 2.72. The lowest BCUT2D eigenvalue weighted by Crippen LogP contribution is -2.35. The molecule has 0 aromatic rings. The van der Waals surface area contributed by atoms with E-state index in [4.69, 9.17) is 0 Å². The molecular weight excluding hydrogens is 272 g/mol. The van der Waals surface area contributed by atoms with Crippen LogP contribution in [0.4, 0.5) is 0 Å². The molecule has 0 aromatic carbocycles. The molecule has 0 amide bonds. The highest BCUT2D eigenvalue weighted by Gasteiger charge is 2.68. The van der Waals surface area contributed by atoms with E-state index in [1.165, 1.54) is 12.0 Å². The van der Waals surface area contributed by atoms with Gasteiger partial charge in [-0.05, 0) is 74.2 Å². The average molecular weight is 300 g/mol. The van der Waals surface area contributed by atoms with E-state index in [0.29, 0.717) is 23.7 Å². The molecule has 3 saturated carbocycles. The van der Waals surface area contributed by atoms with Gasteiger partial charge in [-0.3, -0.25) is 4.79 Å². The minimum atomic E-state index is -0.555. The van der Waals surface area contributed by atoms with Crippen LogP contribution in [0.25, 0.3) is 0 Å². The molecule has 0 radical (unpaired) electrons. The second kappa shape index (κ2) is 5.19. The Labute approximate surface area is 134 Å². The lowest BCUT2D eigenvalue weighted by Gasteiger charge is -2.31. The molecule has 3 aliphatic rings. The summed E-state index contributed by atoms with van der Waals surface area (Å²) in [5, 5.41) is 10.9. The Hall–Kier alpha value is -1.15. The number of rotatable bonds is 3. The normalized spacial score (nSPS) is 48.0. The quantitative estimate of drug-likeness (QED) is 0.369. The van der Waals surface area contributed by atoms with E-state index in [2.05, 4.69) is 19.6 Å². The number of hydrogen-bond donors (Lipinski definition) is 1. The van der Waals surface area contributed by atoms with Gasteiger partial charge in [-0.15, -0.1) is 0 Å². The van der Waals surface area contributed by atoms with Gasteiger partial charge in [0.25, 0.3) is 0 Å². The van der Waals surface area contributed by atoms with Crippen molar-refractivity contribution in [3.8, 4) is 0 Å². The van der Waals surface area contributed by atoms with Crippen LogP contribution in [-0.2, 0) is 4.79 Å². The zero-order valence-corrected chi connectivity index (χ0v) is 14.0. The standard InChI is InChI=1S/C20H28O2/c1-13(12-21)6-5-10-19(3)16-8-7-14(2)15-9-11-20(4,22)17(15)18(16)19/h5-6,10,12,15-18,22H,2,7-9,11H2,1,3-4H3/b10-5+,13-6+/t15-,16+,17+,18+,19-,20-/m0/s1. The van der Waals surface area contributed by atoms with Crippen molar-refractivity contribution in [1.29, 1.82) is 0 Å². The van der Waals surface area contributed by atoms with Crippen LogP contribution in [0, 0.1) is 29.1 Å². The van der Waals surface area contributed by atoms with E-state index in [1.807, 2.05) is 26.0 Å². The van der Waals surface area contributed by atoms with Crippen LogP contribution in [0.15, 0.2) is 36.0 Å². The van der Waals surface area contributed by atoms with Crippen molar-refractivity contribution in [3.05, 3.63) is 36.0 Å². The Morgan fingerprint density at radius 1 is 1.32 bits per heavy atom. The highest BCUT2D eigenvalue weighted by molar-refractivity contribution is 5.72. The van der Waals surface area contributed by atoms with Gasteiger partial charge in [0.2, 0.25) is 0 Å². The van der Waals surface area contributed by atoms with Crippen LogP contribution in [0.1, 0.15) is 46.5 Å². The van der Waals surface area contributed by atoms with Gasteiger partial charge in [-0.1, -0.05) is 37.3 Å². The molecule has 0 spiro atoms. The van der Waals surface area contributed by atoms with Gasteiger partial charge in [0, 0.05) is 0 Å². The molecular formula is C20H28O2. The third-order valence-corrected chi connectivity index (χ3v) is 6.64. The fourth-order valence-electron chi connectivity index (χ4n) is 5.32. The van der Waals surface area contributed by atoms with Crippen molar-refractivity contribution in [2.75, 3.05) is 0 Å². The summed E-state index contributed by atoms with van der Waals surface area (Å²) in [5.41, 5.74) is 1.72. The zero-order chi connectivity index (χ0) is 16.1. The summed E-state index contributed by atoms with van der Waals surface area (Å²) in [6.45, 7) is 10.5. The van der Waals surface area contributed by atoms with Gasteiger partial charge in [0.05, 0.1) is 5.60 Å². The smallest absolute Gasteiger partial charge is 0.145 e. The summed E-state index contributed by atoms with van der Waals surface area (Å²) in [6, 6.07) is 0. The van der Waals surface area contributed by atoms with Crippen LogP contribution in [0.2, 0.25) is 0 Å². The highest BCUT2D eigenvalue weighted by atomic mass is 16.3. The van der Waals surface area contributed by atoms with E-state index >= 15 is 0 Å². The lowest BCUT2D eigenvalue weighted by atomic mass is 9.77. The van der Waals surface area contributed by atoms with Crippen LogP contribution in [-0.4, -0.2) is 17.0 Å². The molecule has 0 aliphatic heterocycles. The Kier molecular flexibility index (Phi) is 3.71. The molecule has 0 unspecified atom stereocenters. The summed E-state index contributed by atoms with van der Waals surface area (Å²) in [4.78, 5) is 10.7. The average Bonchev–Trinajstić information content (AvgIpc) is 2.95. The van der Waals surface area contributed by atoms with Gasteiger partial charge in [-0.2, -0.15) is 0 Å². The van der Waals surface area contributed by atoms with Gasteiger partial charge in [0.1, 0.15) is 6.29 Å². The third kappa shape index (κ3) is 2.32. The van der Waals surface area contributed by atoms with Crippen LogP contribution in [0.5, 0.6) is 0 Å². The number of hydrogen-bond acceptors (Lipinski definition) is 2. The van der Waals surface area contributed by atoms with E-state index in [0.717, 1.165) is 31.1 Å². The summed E-state index contributed by atoms with van der Waals surface area (Å²) >= 11 is 0. The molecule has 1 N–H and O–H groups in total. The molecule has 2 nitrogen and oxygen atoms in total. The molecule has 3 aliphatic carbocycles. The fourth-order valence-corrected chi connectivity index (χ4v) is 5.32. The monoisotopic (exact) mass is 300 g/mol. The Morgan fingerprint density at radius 3 is 2.73 bits per heavy atom. The van der Waals surface area contributed by atoms with Gasteiger partial charge in [-0.25, -0.2) is 0 Å². The van der Waals surface area contributed by atoms with Gasteiger partial charge < -0.3 is 5.11 Å². The third-order valence-electron chi connectivity index (χ3n) is 6.64. The molecule has 0 saturated heterocycles. The molecule has 6 atom stereocenters. The largest absolute Gasteiger partial charge is 0.390 e. The maximum atomic E-state index is 10.9. The first-order valence-corrected chi connectivity index (χ1v) is 8.52. The molecule has 0 heterocycles. The first-order chi connectivity index (χ1) is 10.3. The van der Waals surface area contributed by atoms with Crippen molar-refractivity contribution in [1.82, 2.24) is 0 Å². The second-order valence-corrected chi connectivity index (χ2v) is 8.11.